The number of amides is 2. The minimum absolute atomic E-state index is 0.0726. The molecule has 0 spiro atoms. The van der Waals surface area contributed by atoms with Gasteiger partial charge in [-0.25, -0.2) is 4.79 Å². The Balaban J connectivity index is 1.90. The Morgan fingerprint density at radius 2 is 1.95 bits per heavy atom. The minimum Gasteiger partial charge on any atom is -0.481 e. The average molecular weight is 300 g/mol. The van der Waals surface area contributed by atoms with Crippen LogP contribution >= 0.6 is 0 Å². The fourth-order valence-electron chi connectivity index (χ4n) is 2.89. The summed E-state index contributed by atoms with van der Waals surface area (Å²) in [6.45, 7) is 3.42. The van der Waals surface area contributed by atoms with E-state index in [4.69, 9.17) is 14.6 Å². The number of carbonyl (C=O) groups is 2. The molecule has 2 saturated heterocycles. The third kappa shape index (κ3) is 4.57. The van der Waals surface area contributed by atoms with Crippen molar-refractivity contribution in [1.29, 1.82) is 0 Å². The summed E-state index contributed by atoms with van der Waals surface area (Å²) in [6.07, 6.45) is 1.87. The lowest BCUT2D eigenvalue weighted by molar-refractivity contribution is -0.139. The number of nitrogens with zero attached hydrogens (tertiary/aromatic N) is 2. The second-order valence-electron chi connectivity index (χ2n) is 5.74. The molecule has 1 unspecified atom stereocenters. The Morgan fingerprint density at radius 1 is 1.24 bits per heavy atom. The maximum atomic E-state index is 12.5. The molecule has 2 heterocycles. The van der Waals surface area contributed by atoms with Crippen molar-refractivity contribution in [1.82, 2.24) is 9.80 Å². The highest BCUT2D eigenvalue weighted by atomic mass is 16.5. The van der Waals surface area contributed by atoms with E-state index >= 15 is 0 Å². The van der Waals surface area contributed by atoms with E-state index in [0.717, 1.165) is 26.1 Å². The Bertz CT molecular complexity index is 370. The summed E-state index contributed by atoms with van der Waals surface area (Å²) in [7, 11) is 1.78. The fourth-order valence-corrected chi connectivity index (χ4v) is 2.89. The molecule has 0 aliphatic carbocycles. The third-order valence-corrected chi connectivity index (χ3v) is 4.08. The van der Waals surface area contributed by atoms with Crippen LogP contribution in [0.15, 0.2) is 0 Å². The summed E-state index contributed by atoms with van der Waals surface area (Å²) < 4.78 is 10.6. The number of hydrogen-bond donors (Lipinski definition) is 1. The van der Waals surface area contributed by atoms with Crippen molar-refractivity contribution < 1.29 is 24.2 Å². The summed E-state index contributed by atoms with van der Waals surface area (Å²) in [4.78, 5) is 26.8. The van der Waals surface area contributed by atoms with Crippen LogP contribution in [0.2, 0.25) is 0 Å². The van der Waals surface area contributed by atoms with E-state index in [1.54, 1.807) is 16.8 Å². The first-order chi connectivity index (χ1) is 10.1. The molecular formula is C14H24N2O5. The van der Waals surface area contributed by atoms with Crippen LogP contribution in [0.4, 0.5) is 4.79 Å². The van der Waals surface area contributed by atoms with Gasteiger partial charge in [0.25, 0.3) is 0 Å². The monoisotopic (exact) mass is 300 g/mol. The Labute approximate surface area is 124 Å². The molecule has 0 saturated carbocycles. The highest BCUT2D eigenvalue weighted by Gasteiger charge is 2.31. The van der Waals surface area contributed by atoms with Crippen molar-refractivity contribution in [2.45, 2.75) is 25.3 Å². The molecule has 2 aliphatic heterocycles. The standard InChI is InChI=1S/C14H24N2O5/c1-15(9-11-2-5-20-6-3-11)14(19)16-4-7-21-10-12(16)8-13(17)18/h11-12H,2-10H2,1H3,(H,17,18). The number of hydrogen-bond acceptors (Lipinski definition) is 4. The molecule has 1 atom stereocenters. The van der Waals surface area contributed by atoms with E-state index < -0.39 is 5.97 Å². The van der Waals surface area contributed by atoms with Crippen LogP contribution in [-0.2, 0) is 14.3 Å². The van der Waals surface area contributed by atoms with E-state index in [9.17, 15) is 9.59 Å². The van der Waals surface area contributed by atoms with Crippen molar-refractivity contribution in [2.75, 3.05) is 46.6 Å². The number of aliphatic carboxylic acids is 1. The normalized spacial score (nSPS) is 23.9. The second-order valence-corrected chi connectivity index (χ2v) is 5.74. The van der Waals surface area contributed by atoms with Gasteiger partial charge < -0.3 is 24.4 Å². The van der Waals surface area contributed by atoms with Crippen molar-refractivity contribution in [3.63, 3.8) is 0 Å². The highest BCUT2D eigenvalue weighted by molar-refractivity contribution is 5.76. The summed E-state index contributed by atoms with van der Waals surface area (Å²) in [5.41, 5.74) is 0. The average Bonchev–Trinajstić information content (AvgIpc) is 2.47. The molecule has 2 fully saturated rings. The van der Waals surface area contributed by atoms with E-state index in [-0.39, 0.29) is 18.5 Å². The SMILES string of the molecule is CN(CC1CCOCC1)C(=O)N1CCOCC1CC(=O)O. The first-order valence-electron chi connectivity index (χ1n) is 7.47. The first-order valence-corrected chi connectivity index (χ1v) is 7.47. The summed E-state index contributed by atoms with van der Waals surface area (Å²) >= 11 is 0. The van der Waals surface area contributed by atoms with E-state index in [1.165, 1.54) is 0 Å². The number of carboxylic acids is 1. The molecule has 2 amide bonds. The smallest absolute Gasteiger partial charge is 0.320 e. The molecule has 21 heavy (non-hydrogen) atoms. The zero-order valence-electron chi connectivity index (χ0n) is 12.5. The van der Waals surface area contributed by atoms with Crippen molar-refractivity contribution >= 4 is 12.0 Å². The molecule has 120 valence electrons. The Morgan fingerprint density at radius 3 is 2.62 bits per heavy atom. The molecule has 0 aromatic rings. The van der Waals surface area contributed by atoms with E-state index in [2.05, 4.69) is 0 Å². The van der Waals surface area contributed by atoms with Gasteiger partial charge in [0.2, 0.25) is 0 Å². The lowest BCUT2D eigenvalue weighted by Gasteiger charge is -2.38. The van der Waals surface area contributed by atoms with Gasteiger partial charge in [-0.15, -0.1) is 0 Å². The maximum absolute atomic E-state index is 12.5. The summed E-state index contributed by atoms with van der Waals surface area (Å²) in [5, 5.41) is 8.94. The minimum atomic E-state index is -0.907. The lowest BCUT2D eigenvalue weighted by Crippen LogP contribution is -2.54. The number of carbonyl (C=O) groups excluding carboxylic acids is 1. The largest absolute Gasteiger partial charge is 0.481 e. The van der Waals surface area contributed by atoms with Crippen LogP contribution in [0.3, 0.4) is 0 Å². The van der Waals surface area contributed by atoms with Crippen LogP contribution in [0.25, 0.3) is 0 Å². The molecule has 1 N–H and O–H groups in total. The second kappa shape index (κ2) is 7.61. The molecule has 7 heteroatoms. The number of morpholine rings is 1. The molecule has 7 nitrogen and oxygen atoms in total. The van der Waals surface area contributed by atoms with Gasteiger partial charge in [-0.05, 0) is 18.8 Å². The van der Waals surface area contributed by atoms with Crippen LogP contribution in [0.1, 0.15) is 19.3 Å². The van der Waals surface area contributed by atoms with Gasteiger partial charge in [-0.2, -0.15) is 0 Å². The Kier molecular flexibility index (Phi) is 5.81. The van der Waals surface area contributed by atoms with E-state index in [1.807, 2.05) is 0 Å². The van der Waals surface area contributed by atoms with Crippen LogP contribution in [0.5, 0.6) is 0 Å². The zero-order valence-corrected chi connectivity index (χ0v) is 12.5. The van der Waals surface area contributed by atoms with E-state index in [0.29, 0.717) is 32.2 Å². The quantitative estimate of drug-likeness (QED) is 0.824. The van der Waals surface area contributed by atoms with Gasteiger partial charge in [0.15, 0.2) is 0 Å². The number of carboxylic acid groups (broad SMARTS) is 1. The van der Waals surface area contributed by atoms with Crippen LogP contribution in [-0.4, -0.2) is 79.5 Å². The number of rotatable bonds is 4. The van der Waals surface area contributed by atoms with Crippen molar-refractivity contribution in [3.05, 3.63) is 0 Å². The zero-order chi connectivity index (χ0) is 15.2. The number of urea groups is 1. The summed E-state index contributed by atoms with van der Waals surface area (Å²) in [5.74, 6) is -0.443. The maximum Gasteiger partial charge on any atom is 0.320 e. The molecule has 0 bridgehead atoms. The van der Waals surface area contributed by atoms with Gasteiger partial charge in [0.1, 0.15) is 0 Å². The predicted molar refractivity (Wildman–Crippen MR) is 75.1 cm³/mol. The van der Waals surface area contributed by atoms with Crippen LogP contribution < -0.4 is 0 Å². The van der Waals surface area contributed by atoms with Gasteiger partial charge in [0.05, 0.1) is 25.7 Å². The summed E-state index contributed by atoms with van der Waals surface area (Å²) in [6, 6.07) is -0.475. The molecule has 2 rings (SSSR count). The molecule has 2 aliphatic rings. The van der Waals surface area contributed by atoms with Gasteiger partial charge in [0, 0.05) is 33.4 Å². The van der Waals surface area contributed by atoms with Crippen LogP contribution in [0, 0.1) is 5.92 Å². The van der Waals surface area contributed by atoms with Crippen molar-refractivity contribution in [2.24, 2.45) is 5.92 Å². The predicted octanol–water partition coefficient (Wildman–Crippen LogP) is 0.640. The first kappa shape index (κ1) is 16.0. The van der Waals surface area contributed by atoms with Gasteiger partial charge >= 0.3 is 12.0 Å². The van der Waals surface area contributed by atoms with Crippen molar-refractivity contribution in [3.8, 4) is 0 Å². The third-order valence-electron chi connectivity index (χ3n) is 4.08. The lowest BCUT2D eigenvalue weighted by atomic mass is 10.00. The number of ether oxygens (including phenoxy) is 2. The molecule has 0 aromatic carbocycles. The fraction of sp³-hybridized carbons (Fsp3) is 0.857. The highest BCUT2D eigenvalue weighted by Crippen LogP contribution is 2.18. The molecule has 0 radical (unpaired) electrons. The van der Waals surface area contributed by atoms with Gasteiger partial charge in [-0.1, -0.05) is 0 Å². The van der Waals surface area contributed by atoms with Gasteiger partial charge in [-0.3, -0.25) is 4.79 Å². The Hall–Kier alpha value is -1.34. The molecular weight excluding hydrogens is 276 g/mol. The topological polar surface area (TPSA) is 79.3 Å². The molecule has 0 aromatic heterocycles.